The summed E-state index contributed by atoms with van der Waals surface area (Å²) in [4.78, 5) is 30.6. The molecule has 0 saturated heterocycles. The number of ketones is 1. The Kier molecular flexibility index (Phi) is 4.83. The number of benzene rings is 1. The van der Waals surface area contributed by atoms with Gasteiger partial charge in [-0.3, -0.25) is 9.59 Å². The summed E-state index contributed by atoms with van der Waals surface area (Å²) in [5.41, 5.74) is 5.13. The molecule has 2 aliphatic rings. The van der Waals surface area contributed by atoms with Crippen molar-refractivity contribution in [2.24, 2.45) is 4.99 Å². The molecule has 0 bridgehead atoms. The standard InChI is InChI=1S/C20H23N3O2/c1-4-23(5-2)14-6-8-16(13(3)12-14)21-17-9-10-18(24)20-15(17)7-11-19(25)22-20/h6,8-10,12H,4-5,7,11H2,1-3H3,(H,22,25). The van der Waals surface area contributed by atoms with Gasteiger partial charge in [0.2, 0.25) is 11.7 Å². The van der Waals surface area contributed by atoms with Crippen LogP contribution in [0.25, 0.3) is 0 Å². The van der Waals surface area contributed by atoms with Gasteiger partial charge in [-0.2, -0.15) is 0 Å². The predicted molar refractivity (Wildman–Crippen MR) is 100 cm³/mol. The van der Waals surface area contributed by atoms with Crippen LogP contribution in [0, 0.1) is 6.92 Å². The van der Waals surface area contributed by atoms with Crippen LogP contribution < -0.4 is 10.2 Å². The lowest BCUT2D eigenvalue weighted by Crippen LogP contribution is -2.35. The number of aliphatic imine (C=N–C) groups is 1. The number of amides is 1. The summed E-state index contributed by atoms with van der Waals surface area (Å²) in [6.45, 7) is 8.25. The summed E-state index contributed by atoms with van der Waals surface area (Å²) in [6, 6.07) is 6.24. The Morgan fingerprint density at radius 3 is 2.56 bits per heavy atom. The van der Waals surface area contributed by atoms with Crippen LogP contribution in [0.3, 0.4) is 0 Å². The molecule has 1 amide bonds. The van der Waals surface area contributed by atoms with Crippen molar-refractivity contribution in [3.05, 3.63) is 47.2 Å². The molecule has 1 N–H and O–H groups in total. The van der Waals surface area contributed by atoms with E-state index in [-0.39, 0.29) is 11.7 Å². The van der Waals surface area contributed by atoms with Crippen LogP contribution in [0.5, 0.6) is 0 Å². The minimum atomic E-state index is -0.157. The van der Waals surface area contributed by atoms with E-state index in [9.17, 15) is 9.59 Å². The van der Waals surface area contributed by atoms with Crippen molar-refractivity contribution >= 4 is 28.8 Å². The highest BCUT2D eigenvalue weighted by atomic mass is 16.2. The summed E-state index contributed by atoms with van der Waals surface area (Å²) in [7, 11) is 0. The molecule has 1 aromatic rings. The molecule has 0 atom stereocenters. The van der Waals surface area contributed by atoms with Gasteiger partial charge in [0.25, 0.3) is 0 Å². The fourth-order valence-corrected chi connectivity index (χ4v) is 3.23. The third kappa shape index (κ3) is 3.40. The SMILES string of the molecule is CCN(CC)c1ccc(N=C2C=CC(=O)C3=C2CCC(=O)N3)c(C)c1. The maximum Gasteiger partial charge on any atom is 0.224 e. The molecule has 0 radical (unpaired) electrons. The number of rotatable bonds is 4. The highest BCUT2D eigenvalue weighted by Gasteiger charge is 2.27. The van der Waals surface area contributed by atoms with Gasteiger partial charge in [0.05, 0.1) is 17.1 Å². The number of allylic oxidation sites excluding steroid dienone is 3. The lowest BCUT2D eigenvalue weighted by molar-refractivity contribution is -0.122. The lowest BCUT2D eigenvalue weighted by atomic mass is 9.92. The van der Waals surface area contributed by atoms with Crippen molar-refractivity contribution in [2.75, 3.05) is 18.0 Å². The Hall–Kier alpha value is -2.69. The number of nitrogens with one attached hydrogen (secondary N) is 1. The van der Waals surface area contributed by atoms with Gasteiger partial charge in [-0.15, -0.1) is 0 Å². The minimum absolute atomic E-state index is 0.110. The number of carbonyl (C=O) groups is 2. The Labute approximate surface area is 148 Å². The maximum atomic E-state index is 12.0. The summed E-state index contributed by atoms with van der Waals surface area (Å²) < 4.78 is 0. The summed E-state index contributed by atoms with van der Waals surface area (Å²) >= 11 is 0. The molecular formula is C20H23N3O2. The molecule has 0 aromatic heterocycles. The topological polar surface area (TPSA) is 61.8 Å². The first kappa shape index (κ1) is 17.1. The molecule has 3 rings (SSSR count). The number of anilines is 1. The maximum absolute atomic E-state index is 12.0. The third-order valence-corrected chi connectivity index (χ3v) is 4.67. The number of carbonyl (C=O) groups excluding carboxylic acids is 2. The van der Waals surface area contributed by atoms with E-state index >= 15 is 0 Å². The highest BCUT2D eigenvalue weighted by molar-refractivity contribution is 6.24. The van der Waals surface area contributed by atoms with Gasteiger partial charge < -0.3 is 10.2 Å². The Morgan fingerprint density at radius 1 is 1.12 bits per heavy atom. The second kappa shape index (κ2) is 7.05. The van der Waals surface area contributed by atoms with Crippen molar-refractivity contribution in [3.63, 3.8) is 0 Å². The minimum Gasteiger partial charge on any atom is -0.372 e. The van der Waals surface area contributed by atoms with Crippen LogP contribution in [0.1, 0.15) is 32.3 Å². The first-order valence-corrected chi connectivity index (χ1v) is 8.73. The number of hydrogen-bond donors (Lipinski definition) is 1. The van der Waals surface area contributed by atoms with E-state index in [2.05, 4.69) is 36.2 Å². The number of aryl methyl sites for hydroxylation is 1. The first-order valence-electron chi connectivity index (χ1n) is 8.73. The molecule has 1 aromatic carbocycles. The fourth-order valence-electron chi connectivity index (χ4n) is 3.23. The molecule has 0 unspecified atom stereocenters. The quantitative estimate of drug-likeness (QED) is 0.858. The van der Waals surface area contributed by atoms with Crippen LogP contribution in [0.2, 0.25) is 0 Å². The van der Waals surface area contributed by atoms with Gasteiger partial charge in [0.1, 0.15) is 0 Å². The smallest absolute Gasteiger partial charge is 0.224 e. The lowest BCUT2D eigenvalue weighted by Gasteiger charge is -2.23. The average molecular weight is 337 g/mol. The van der Waals surface area contributed by atoms with Crippen molar-refractivity contribution in [2.45, 2.75) is 33.6 Å². The van der Waals surface area contributed by atoms with E-state index in [4.69, 9.17) is 4.99 Å². The second-order valence-electron chi connectivity index (χ2n) is 6.24. The van der Waals surface area contributed by atoms with Gasteiger partial charge in [-0.25, -0.2) is 4.99 Å². The fraction of sp³-hybridized carbons (Fsp3) is 0.350. The molecule has 1 aliphatic carbocycles. The van der Waals surface area contributed by atoms with E-state index < -0.39 is 0 Å². The molecule has 5 heteroatoms. The molecule has 0 fully saturated rings. The van der Waals surface area contributed by atoms with E-state index in [1.165, 1.54) is 11.8 Å². The van der Waals surface area contributed by atoms with Crippen LogP contribution in [0.15, 0.2) is 46.6 Å². The van der Waals surface area contributed by atoms with Crippen molar-refractivity contribution in [1.29, 1.82) is 0 Å². The van der Waals surface area contributed by atoms with E-state index in [0.717, 1.165) is 35.6 Å². The zero-order chi connectivity index (χ0) is 18.0. The van der Waals surface area contributed by atoms with E-state index in [1.54, 1.807) is 6.08 Å². The molecule has 25 heavy (non-hydrogen) atoms. The zero-order valence-electron chi connectivity index (χ0n) is 14.9. The van der Waals surface area contributed by atoms with Crippen LogP contribution in [0.4, 0.5) is 11.4 Å². The molecule has 0 spiro atoms. The largest absolute Gasteiger partial charge is 0.372 e. The Balaban J connectivity index is 1.96. The Bertz CT molecular complexity index is 814. The van der Waals surface area contributed by atoms with Crippen LogP contribution in [-0.4, -0.2) is 30.5 Å². The van der Waals surface area contributed by atoms with Gasteiger partial charge in [0, 0.05) is 30.8 Å². The predicted octanol–water partition coefficient (Wildman–Crippen LogP) is 3.22. The van der Waals surface area contributed by atoms with E-state index in [1.807, 2.05) is 13.0 Å². The monoisotopic (exact) mass is 337 g/mol. The van der Waals surface area contributed by atoms with E-state index in [0.29, 0.717) is 18.5 Å². The second-order valence-corrected chi connectivity index (χ2v) is 6.24. The third-order valence-electron chi connectivity index (χ3n) is 4.67. The molecule has 1 aliphatic heterocycles. The normalized spacial score (nSPS) is 18.4. The highest BCUT2D eigenvalue weighted by Crippen LogP contribution is 2.28. The van der Waals surface area contributed by atoms with Crippen LogP contribution >= 0.6 is 0 Å². The molecule has 1 heterocycles. The Morgan fingerprint density at radius 2 is 1.88 bits per heavy atom. The van der Waals surface area contributed by atoms with Gasteiger partial charge in [-0.05, 0) is 63.1 Å². The van der Waals surface area contributed by atoms with Crippen molar-refractivity contribution in [1.82, 2.24) is 5.32 Å². The summed E-state index contributed by atoms with van der Waals surface area (Å²) in [5.74, 6) is -0.267. The molecule has 130 valence electrons. The summed E-state index contributed by atoms with van der Waals surface area (Å²) in [6.07, 6.45) is 4.16. The number of hydrogen-bond acceptors (Lipinski definition) is 4. The number of nitrogens with zero attached hydrogens (tertiary/aromatic N) is 2. The first-order chi connectivity index (χ1) is 12.0. The van der Waals surface area contributed by atoms with Gasteiger partial charge in [-0.1, -0.05) is 0 Å². The van der Waals surface area contributed by atoms with Crippen LogP contribution in [-0.2, 0) is 9.59 Å². The molecule has 5 nitrogen and oxygen atoms in total. The van der Waals surface area contributed by atoms with Gasteiger partial charge >= 0.3 is 0 Å². The van der Waals surface area contributed by atoms with Crippen molar-refractivity contribution in [3.8, 4) is 0 Å². The van der Waals surface area contributed by atoms with Gasteiger partial charge in [0.15, 0.2) is 0 Å². The molecular weight excluding hydrogens is 314 g/mol. The van der Waals surface area contributed by atoms with Crippen molar-refractivity contribution < 1.29 is 9.59 Å². The molecule has 0 saturated carbocycles. The summed E-state index contributed by atoms with van der Waals surface area (Å²) in [5, 5.41) is 2.69. The zero-order valence-corrected chi connectivity index (χ0v) is 14.9. The average Bonchev–Trinajstić information content (AvgIpc) is 2.60.